The minimum absolute atomic E-state index is 0.0471. The Hall–Kier alpha value is -1.93. The fraction of sp³-hybridized carbons (Fsp3) is 0.111. The van der Waals surface area contributed by atoms with Crippen LogP contribution in [-0.2, 0) is 0 Å². The van der Waals surface area contributed by atoms with E-state index in [1.807, 2.05) is 0 Å². The number of nitrogens with one attached hydrogen (secondary N) is 2. The standard InChI is InChI=1S/C9H9ClN4O/c10-7-5-6(1-2-8(7)12)14-9(15)13-4-3-11/h1-2,5H,4,12H2,(H2,13,14,15). The monoisotopic (exact) mass is 224 g/mol. The molecule has 78 valence electrons. The number of hydrogen-bond acceptors (Lipinski definition) is 3. The maximum atomic E-state index is 11.1. The van der Waals surface area contributed by atoms with E-state index in [1.54, 1.807) is 18.2 Å². The Bertz CT molecular complexity index is 413. The van der Waals surface area contributed by atoms with Crippen LogP contribution >= 0.6 is 11.6 Å². The van der Waals surface area contributed by atoms with E-state index < -0.39 is 6.03 Å². The molecule has 0 fully saturated rings. The molecule has 0 saturated heterocycles. The van der Waals surface area contributed by atoms with Crippen LogP contribution in [0.1, 0.15) is 0 Å². The van der Waals surface area contributed by atoms with Gasteiger partial charge in [-0.05, 0) is 18.2 Å². The Morgan fingerprint density at radius 1 is 1.60 bits per heavy atom. The number of anilines is 2. The van der Waals surface area contributed by atoms with Gasteiger partial charge in [-0.3, -0.25) is 0 Å². The van der Waals surface area contributed by atoms with Crippen molar-refractivity contribution in [2.45, 2.75) is 0 Å². The molecule has 15 heavy (non-hydrogen) atoms. The number of rotatable bonds is 2. The maximum Gasteiger partial charge on any atom is 0.320 e. The summed E-state index contributed by atoms with van der Waals surface area (Å²) in [4.78, 5) is 11.1. The maximum absolute atomic E-state index is 11.1. The highest BCUT2D eigenvalue weighted by molar-refractivity contribution is 6.33. The molecule has 1 aromatic carbocycles. The summed E-state index contributed by atoms with van der Waals surface area (Å²) in [5, 5.41) is 13.4. The van der Waals surface area contributed by atoms with E-state index in [9.17, 15) is 4.79 Å². The summed E-state index contributed by atoms with van der Waals surface area (Å²) in [5.74, 6) is 0. The first-order chi connectivity index (χ1) is 7.13. The molecule has 0 radical (unpaired) electrons. The zero-order chi connectivity index (χ0) is 11.3. The molecule has 0 aromatic heterocycles. The van der Waals surface area contributed by atoms with Gasteiger partial charge >= 0.3 is 6.03 Å². The summed E-state index contributed by atoms with van der Waals surface area (Å²) < 4.78 is 0. The van der Waals surface area contributed by atoms with E-state index in [1.165, 1.54) is 6.07 Å². The number of nitrogen functional groups attached to an aromatic ring is 1. The van der Waals surface area contributed by atoms with Gasteiger partial charge in [-0.25, -0.2) is 4.79 Å². The van der Waals surface area contributed by atoms with Gasteiger partial charge in [0.1, 0.15) is 6.54 Å². The van der Waals surface area contributed by atoms with E-state index in [0.29, 0.717) is 16.4 Å². The number of benzene rings is 1. The number of nitriles is 1. The lowest BCUT2D eigenvalue weighted by Gasteiger charge is -2.06. The van der Waals surface area contributed by atoms with Crippen molar-refractivity contribution in [2.24, 2.45) is 0 Å². The van der Waals surface area contributed by atoms with Gasteiger partial charge < -0.3 is 16.4 Å². The molecule has 0 unspecified atom stereocenters. The van der Waals surface area contributed by atoms with Crippen LogP contribution in [0.3, 0.4) is 0 Å². The number of nitrogens with two attached hydrogens (primary N) is 1. The molecule has 0 aliphatic carbocycles. The smallest absolute Gasteiger partial charge is 0.320 e. The Balaban J connectivity index is 2.62. The Kier molecular flexibility index (Phi) is 3.77. The molecule has 0 aliphatic heterocycles. The van der Waals surface area contributed by atoms with Gasteiger partial charge in [0.15, 0.2) is 0 Å². The van der Waals surface area contributed by atoms with Crippen molar-refractivity contribution >= 4 is 29.0 Å². The van der Waals surface area contributed by atoms with E-state index >= 15 is 0 Å². The first-order valence-electron chi connectivity index (χ1n) is 4.10. The number of nitrogens with zero attached hydrogens (tertiary/aromatic N) is 1. The van der Waals surface area contributed by atoms with Gasteiger partial charge in [-0.1, -0.05) is 11.6 Å². The molecule has 0 atom stereocenters. The molecule has 5 nitrogen and oxygen atoms in total. The molecule has 0 bridgehead atoms. The molecule has 1 aromatic rings. The molecular weight excluding hydrogens is 216 g/mol. The van der Waals surface area contributed by atoms with Crippen LogP contribution in [0.4, 0.5) is 16.2 Å². The lowest BCUT2D eigenvalue weighted by molar-refractivity contribution is 0.253. The number of amides is 2. The van der Waals surface area contributed by atoms with Crippen molar-refractivity contribution in [3.63, 3.8) is 0 Å². The second-order valence-corrected chi connectivity index (χ2v) is 3.11. The predicted octanol–water partition coefficient (Wildman–Crippen LogP) is 1.57. The zero-order valence-electron chi connectivity index (χ0n) is 7.75. The summed E-state index contributed by atoms with van der Waals surface area (Å²) in [7, 11) is 0. The Morgan fingerprint density at radius 2 is 2.33 bits per heavy atom. The molecule has 1 rings (SSSR count). The Labute approximate surface area is 91.8 Å². The first kappa shape index (κ1) is 11.1. The van der Waals surface area contributed by atoms with Gasteiger partial charge in [-0.2, -0.15) is 5.26 Å². The second kappa shape index (κ2) is 5.08. The van der Waals surface area contributed by atoms with Crippen LogP contribution in [0.25, 0.3) is 0 Å². The summed E-state index contributed by atoms with van der Waals surface area (Å²) in [6, 6.07) is 6.06. The van der Waals surface area contributed by atoms with E-state index in [2.05, 4.69) is 10.6 Å². The lowest BCUT2D eigenvalue weighted by Crippen LogP contribution is -2.28. The van der Waals surface area contributed by atoms with Crippen LogP contribution in [-0.4, -0.2) is 12.6 Å². The summed E-state index contributed by atoms with van der Waals surface area (Å²) in [6.45, 7) is -0.0471. The van der Waals surface area contributed by atoms with Gasteiger partial charge in [0.2, 0.25) is 0 Å². The molecule has 0 spiro atoms. The fourth-order valence-electron chi connectivity index (χ4n) is 0.900. The summed E-state index contributed by atoms with van der Waals surface area (Å²) >= 11 is 5.75. The number of urea groups is 1. The zero-order valence-corrected chi connectivity index (χ0v) is 8.51. The van der Waals surface area contributed by atoms with Gasteiger partial charge in [0, 0.05) is 5.69 Å². The van der Waals surface area contributed by atoms with Crippen molar-refractivity contribution in [1.29, 1.82) is 5.26 Å². The lowest BCUT2D eigenvalue weighted by atomic mass is 10.3. The highest BCUT2D eigenvalue weighted by Crippen LogP contribution is 2.22. The van der Waals surface area contributed by atoms with Crippen LogP contribution < -0.4 is 16.4 Å². The predicted molar refractivity (Wildman–Crippen MR) is 58.5 cm³/mol. The highest BCUT2D eigenvalue weighted by atomic mass is 35.5. The quantitative estimate of drug-likeness (QED) is 0.526. The van der Waals surface area contributed by atoms with Crippen molar-refractivity contribution in [1.82, 2.24) is 5.32 Å². The highest BCUT2D eigenvalue weighted by Gasteiger charge is 2.02. The largest absolute Gasteiger partial charge is 0.398 e. The van der Waals surface area contributed by atoms with Gasteiger partial charge in [0.25, 0.3) is 0 Å². The molecule has 0 heterocycles. The number of hydrogen-bond donors (Lipinski definition) is 3. The number of carbonyl (C=O) groups excluding carboxylic acids is 1. The minimum atomic E-state index is -0.461. The molecule has 2 amide bonds. The molecule has 6 heteroatoms. The first-order valence-corrected chi connectivity index (χ1v) is 4.48. The van der Waals surface area contributed by atoms with Crippen LogP contribution in [0.5, 0.6) is 0 Å². The summed E-state index contributed by atoms with van der Waals surface area (Å²) in [6.07, 6.45) is 0. The SMILES string of the molecule is N#CCNC(=O)Nc1ccc(N)c(Cl)c1. The van der Waals surface area contributed by atoms with Crippen molar-refractivity contribution in [2.75, 3.05) is 17.6 Å². The van der Waals surface area contributed by atoms with Gasteiger partial charge in [-0.15, -0.1) is 0 Å². The molecule has 0 saturated carbocycles. The van der Waals surface area contributed by atoms with E-state index in [0.717, 1.165) is 0 Å². The normalized spacial score (nSPS) is 9.07. The average Bonchev–Trinajstić information content (AvgIpc) is 2.20. The van der Waals surface area contributed by atoms with Crippen molar-refractivity contribution < 1.29 is 4.79 Å². The number of halogens is 1. The third-order valence-electron chi connectivity index (χ3n) is 1.59. The summed E-state index contributed by atoms with van der Waals surface area (Å²) in [5.41, 5.74) is 6.46. The van der Waals surface area contributed by atoms with Crippen molar-refractivity contribution in [3.05, 3.63) is 23.2 Å². The van der Waals surface area contributed by atoms with Crippen LogP contribution in [0, 0.1) is 11.3 Å². The fourth-order valence-corrected chi connectivity index (χ4v) is 1.08. The number of carbonyl (C=O) groups is 1. The third kappa shape index (κ3) is 3.37. The van der Waals surface area contributed by atoms with E-state index in [-0.39, 0.29) is 6.54 Å². The van der Waals surface area contributed by atoms with Gasteiger partial charge in [0.05, 0.1) is 16.8 Å². The van der Waals surface area contributed by atoms with Crippen LogP contribution in [0.15, 0.2) is 18.2 Å². The Morgan fingerprint density at radius 3 is 2.93 bits per heavy atom. The van der Waals surface area contributed by atoms with Crippen molar-refractivity contribution in [3.8, 4) is 6.07 Å². The molecule has 4 N–H and O–H groups in total. The van der Waals surface area contributed by atoms with Crippen LogP contribution in [0.2, 0.25) is 5.02 Å². The van der Waals surface area contributed by atoms with E-state index in [4.69, 9.17) is 22.6 Å². The molecular formula is C9H9ClN4O. The average molecular weight is 225 g/mol. The second-order valence-electron chi connectivity index (χ2n) is 2.70. The molecule has 0 aliphatic rings. The minimum Gasteiger partial charge on any atom is -0.398 e. The third-order valence-corrected chi connectivity index (χ3v) is 1.91. The topological polar surface area (TPSA) is 90.9 Å².